The second-order valence-electron chi connectivity index (χ2n) is 6.50. The van der Waals surface area contributed by atoms with E-state index in [1.807, 2.05) is 57.2 Å². The summed E-state index contributed by atoms with van der Waals surface area (Å²) in [5.74, 6) is -0.383. The molecule has 1 heterocycles. The molecule has 0 unspecified atom stereocenters. The van der Waals surface area contributed by atoms with Crippen LogP contribution in [0.3, 0.4) is 0 Å². The Labute approximate surface area is 181 Å². The zero-order valence-corrected chi connectivity index (χ0v) is 18.2. The number of rotatable bonds is 4. The molecule has 0 fully saturated rings. The van der Waals surface area contributed by atoms with Gasteiger partial charge in [-0.15, -0.1) is 0 Å². The van der Waals surface area contributed by atoms with Crippen LogP contribution in [0.2, 0.25) is 0 Å². The number of fused-ring (bicyclic) bond motifs is 2. The number of hydrogen-bond acceptors (Lipinski definition) is 3. The van der Waals surface area contributed by atoms with Gasteiger partial charge in [0.2, 0.25) is 0 Å². The quantitative estimate of drug-likeness (QED) is 0.403. The molecular formula is C25H25FN2OS. The highest BCUT2D eigenvalue weighted by atomic mass is 32.2. The summed E-state index contributed by atoms with van der Waals surface area (Å²) < 4.78 is 13.4. The van der Waals surface area contributed by atoms with Crippen molar-refractivity contribution < 1.29 is 9.18 Å². The Morgan fingerprint density at radius 1 is 1.00 bits per heavy atom. The van der Waals surface area contributed by atoms with Crippen LogP contribution >= 0.6 is 11.8 Å². The lowest BCUT2D eigenvalue weighted by atomic mass is 10.0. The van der Waals surface area contributed by atoms with Gasteiger partial charge in [-0.05, 0) is 55.0 Å². The highest BCUT2D eigenvalue weighted by Crippen LogP contribution is 2.41. The van der Waals surface area contributed by atoms with Gasteiger partial charge in [0.15, 0.2) is 0 Å². The van der Waals surface area contributed by atoms with Gasteiger partial charge in [0, 0.05) is 33.0 Å². The van der Waals surface area contributed by atoms with E-state index in [4.69, 9.17) is 4.99 Å². The summed E-state index contributed by atoms with van der Waals surface area (Å²) >= 11 is 1.62. The van der Waals surface area contributed by atoms with E-state index in [1.165, 1.54) is 12.1 Å². The van der Waals surface area contributed by atoms with E-state index in [2.05, 4.69) is 11.4 Å². The second-order valence-corrected chi connectivity index (χ2v) is 7.59. The number of nitrogens with one attached hydrogen (secondary N) is 1. The Hall–Kier alpha value is -2.92. The highest BCUT2D eigenvalue weighted by molar-refractivity contribution is 7.99. The van der Waals surface area contributed by atoms with E-state index >= 15 is 0 Å². The molecule has 0 saturated heterocycles. The molecule has 5 heteroatoms. The number of hydrogen-bond donors (Lipinski definition) is 1. The lowest BCUT2D eigenvalue weighted by Gasteiger charge is -2.08. The zero-order chi connectivity index (χ0) is 21.5. The average molecular weight is 421 g/mol. The molecule has 0 aliphatic carbocycles. The SMILES string of the molecule is CC.CCCNC(=O)c1ccc2c(c1)N=C(c1ccc(F)cc1)c1ccccc1S2. The van der Waals surface area contributed by atoms with Crippen LogP contribution < -0.4 is 5.32 Å². The molecule has 3 nitrogen and oxygen atoms in total. The summed E-state index contributed by atoms with van der Waals surface area (Å²) in [6, 6.07) is 20.0. The molecule has 0 aromatic heterocycles. The minimum atomic E-state index is -0.282. The lowest BCUT2D eigenvalue weighted by molar-refractivity contribution is 0.0953. The summed E-state index contributed by atoms with van der Waals surface area (Å²) in [4.78, 5) is 19.3. The monoisotopic (exact) mass is 420 g/mol. The standard InChI is InChI=1S/C23H19FN2OS.C2H6/c1-2-13-25-23(27)16-9-12-21-19(14-16)26-22(15-7-10-17(24)11-8-15)18-5-3-4-6-20(18)28-21;1-2/h3-12,14H,2,13H2,1H3,(H,25,27);1-2H3. The van der Waals surface area contributed by atoms with E-state index in [1.54, 1.807) is 23.9 Å². The molecule has 30 heavy (non-hydrogen) atoms. The maximum absolute atomic E-state index is 13.4. The van der Waals surface area contributed by atoms with E-state index in [0.717, 1.165) is 38.7 Å². The Morgan fingerprint density at radius 3 is 2.47 bits per heavy atom. The van der Waals surface area contributed by atoms with E-state index in [-0.39, 0.29) is 11.7 Å². The molecule has 1 aliphatic rings. The fraction of sp³-hybridized carbons (Fsp3) is 0.200. The van der Waals surface area contributed by atoms with Crippen LogP contribution in [0.4, 0.5) is 10.1 Å². The average Bonchev–Trinajstić information content (AvgIpc) is 2.95. The Kier molecular flexibility index (Phi) is 7.41. The van der Waals surface area contributed by atoms with Crippen molar-refractivity contribution in [3.05, 3.63) is 89.2 Å². The lowest BCUT2D eigenvalue weighted by Crippen LogP contribution is -2.23. The molecule has 1 aliphatic heterocycles. The Morgan fingerprint density at radius 2 is 1.73 bits per heavy atom. The number of nitrogens with zero attached hydrogens (tertiary/aromatic N) is 1. The van der Waals surface area contributed by atoms with Crippen LogP contribution in [0.25, 0.3) is 0 Å². The molecule has 0 spiro atoms. The van der Waals surface area contributed by atoms with Crippen LogP contribution in [-0.4, -0.2) is 18.2 Å². The van der Waals surface area contributed by atoms with E-state index in [9.17, 15) is 9.18 Å². The fourth-order valence-corrected chi connectivity index (χ4v) is 4.05. The third-order valence-corrected chi connectivity index (χ3v) is 5.61. The number of halogens is 1. The third-order valence-electron chi connectivity index (χ3n) is 4.47. The minimum absolute atomic E-state index is 0.102. The highest BCUT2D eigenvalue weighted by Gasteiger charge is 2.19. The molecule has 3 aromatic rings. The van der Waals surface area contributed by atoms with Crippen molar-refractivity contribution in [1.82, 2.24) is 5.32 Å². The molecule has 3 aromatic carbocycles. The maximum atomic E-state index is 13.4. The van der Waals surface area contributed by atoms with Crippen molar-refractivity contribution in [3.8, 4) is 0 Å². The first kappa shape index (κ1) is 21.8. The van der Waals surface area contributed by atoms with E-state index < -0.39 is 0 Å². The van der Waals surface area contributed by atoms with Gasteiger partial charge in [0.05, 0.1) is 11.4 Å². The minimum Gasteiger partial charge on any atom is -0.352 e. The van der Waals surface area contributed by atoms with Crippen molar-refractivity contribution in [2.75, 3.05) is 6.54 Å². The zero-order valence-electron chi connectivity index (χ0n) is 17.4. The largest absolute Gasteiger partial charge is 0.352 e. The molecule has 0 bridgehead atoms. The van der Waals surface area contributed by atoms with Gasteiger partial charge >= 0.3 is 0 Å². The molecule has 0 saturated carbocycles. The molecule has 4 rings (SSSR count). The summed E-state index contributed by atoms with van der Waals surface area (Å²) in [6.45, 7) is 6.66. The summed E-state index contributed by atoms with van der Waals surface area (Å²) in [5, 5.41) is 2.90. The summed E-state index contributed by atoms with van der Waals surface area (Å²) in [6.07, 6.45) is 0.884. The number of aliphatic imine (C=N–C) groups is 1. The molecule has 0 radical (unpaired) electrons. The first-order chi connectivity index (χ1) is 14.7. The first-order valence-corrected chi connectivity index (χ1v) is 11.0. The maximum Gasteiger partial charge on any atom is 0.251 e. The molecule has 1 amide bonds. The van der Waals surface area contributed by atoms with Gasteiger partial charge in [-0.25, -0.2) is 9.38 Å². The predicted octanol–water partition coefficient (Wildman–Crippen LogP) is 6.63. The number of amides is 1. The predicted molar refractivity (Wildman–Crippen MR) is 123 cm³/mol. The topological polar surface area (TPSA) is 41.5 Å². The van der Waals surface area contributed by atoms with Crippen molar-refractivity contribution in [2.45, 2.75) is 37.0 Å². The van der Waals surface area contributed by atoms with Crippen LogP contribution in [0, 0.1) is 5.82 Å². The number of benzene rings is 3. The molecule has 154 valence electrons. The van der Waals surface area contributed by atoms with Crippen LogP contribution in [-0.2, 0) is 0 Å². The van der Waals surface area contributed by atoms with Gasteiger partial charge in [0.1, 0.15) is 5.82 Å². The molecule has 0 atom stereocenters. The Bertz CT molecular complexity index is 1060. The van der Waals surface area contributed by atoms with Gasteiger partial charge in [0.25, 0.3) is 5.91 Å². The van der Waals surface area contributed by atoms with Crippen LogP contribution in [0.5, 0.6) is 0 Å². The fourth-order valence-electron chi connectivity index (χ4n) is 3.05. The van der Waals surface area contributed by atoms with Crippen molar-refractivity contribution >= 4 is 29.1 Å². The van der Waals surface area contributed by atoms with Gasteiger partial charge in [-0.3, -0.25) is 4.79 Å². The Balaban J connectivity index is 0.00000124. The van der Waals surface area contributed by atoms with Gasteiger partial charge < -0.3 is 5.32 Å². The normalized spacial score (nSPS) is 11.8. The second kappa shape index (κ2) is 10.2. The number of carbonyl (C=O) groups is 1. The van der Waals surface area contributed by atoms with Crippen molar-refractivity contribution in [1.29, 1.82) is 0 Å². The smallest absolute Gasteiger partial charge is 0.251 e. The molecule has 1 N–H and O–H groups in total. The first-order valence-electron chi connectivity index (χ1n) is 10.2. The molecular weight excluding hydrogens is 395 g/mol. The van der Waals surface area contributed by atoms with E-state index in [0.29, 0.717) is 12.1 Å². The van der Waals surface area contributed by atoms with Crippen LogP contribution in [0.1, 0.15) is 48.7 Å². The van der Waals surface area contributed by atoms with Gasteiger partial charge in [-0.2, -0.15) is 0 Å². The number of carbonyl (C=O) groups excluding carboxylic acids is 1. The third kappa shape index (κ3) is 4.79. The summed E-state index contributed by atoms with van der Waals surface area (Å²) in [5.41, 5.74) is 3.93. The van der Waals surface area contributed by atoms with Crippen molar-refractivity contribution in [2.24, 2.45) is 4.99 Å². The van der Waals surface area contributed by atoms with Gasteiger partial charge in [-0.1, -0.05) is 50.7 Å². The van der Waals surface area contributed by atoms with Crippen LogP contribution in [0.15, 0.2) is 81.5 Å². The summed E-state index contributed by atoms with van der Waals surface area (Å²) in [7, 11) is 0. The van der Waals surface area contributed by atoms with Crippen molar-refractivity contribution in [3.63, 3.8) is 0 Å².